The van der Waals surface area contributed by atoms with E-state index in [9.17, 15) is 5.11 Å². The van der Waals surface area contributed by atoms with Gasteiger partial charge in [0.05, 0.1) is 11.7 Å². The molecule has 1 aromatic rings. The van der Waals surface area contributed by atoms with Crippen LogP contribution < -0.4 is 0 Å². The Balaban J connectivity index is 1.69. The van der Waals surface area contributed by atoms with E-state index in [-0.39, 0.29) is 11.7 Å². The number of hydrogen-bond acceptors (Lipinski definition) is 2. The molecule has 116 valence electrons. The smallest absolute Gasteiger partial charge is 0.0940 e. The van der Waals surface area contributed by atoms with Gasteiger partial charge in [0.2, 0.25) is 0 Å². The van der Waals surface area contributed by atoms with E-state index in [0.29, 0.717) is 12.5 Å². The largest absolute Gasteiger partial charge is 0.390 e. The van der Waals surface area contributed by atoms with Crippen molar-refractivity contribution in [3.05, 3.63) is 35.4 Å². The summed E-state index contributed by atoms with van der Waals surface area (Å²) in [6.45, 7) is 2.76. The van der Waals surface area contributed by atoms with E-state index in [1.54, 1.807) is 0 Å². The van der Waals surface area contributed by atoms with Crippen molar-refractivity contribution in [2.24, 2.45) is 0 Å². The molecule has 1 fully saturated rings. The van der Waals surface area contributed by atoms with E-state index in [0.717, 1.165) is 25.7 Å². The predicted molar refractivity (Wildman–Crippen MR) is 85.6 cm³/mol. The average molecular weight is 288 g/mol. The van der Waals surface area contributed by atoms with Crippen LogP contribution in [0.25, 0.3) is 0 Å². The molecule has 21 heavy (non-hydrogen) atoms. The van der Waals surface area contributed by atoms with Crippen LogP contribution in [0.5, 0.6) is 0 Å². The third-order valence-corrected chi connectivity index (χ3v) is 5.46. The second kappa shape index (κ2) is 6.50. The Labute approximate surface area is 128 Å². The summed E-state index contributed by atoms with van der Waals surface area (Å²) >= 11 is 0. The van der Waals surface area contributed by atoms with Crippen molar-refractivity contribution >= 4 is 0 Å². The molecule has 3 rings (SSSR count). The molecule has 1 aromatic carbocycles. The van der Waals surface area contributed by atoms with Crippen molar-refractivity contribution < 1.29 is 9.84 Å². The predicted octanol–water partition coefficient (Wildman–Crippen LogP) is 4.21. The average Bonchev–Trinajstić information content (AvgIpc) is 2.71. The number of fused-ring (bicyclic) bond motifs is 1. The summed E-state index contributed by atoms with van der Waals surface area (Å²) in [6, 6.07) is 8.65. The quantitative estimate of drug-likeness (QED) is 0.823. The summed E-state index contributed by atoms with van der Waals surface area (Å²) in [5, 5.41) is 10.9. The Morgan fingerprint density at radius 2 is 1.90 bits per heavy atom. The number of rotatable bonds is 5. The molecular formula is C19H28O2. The van der Waals surface area contributed by atoms with Crippen molar-refractivity contribution in [2.45, 2.75) is 75.9 Å². The zero-order chi connectivity index (χ0) is 14.7. The summed E-state index contributed by atoms with van der Waals surface area (Å²) in [5.74, 6) is 0.525. The third-order valence-electron chi connectivity index (χ3n) is 5.46. The third kappa shape index (κ3) is 3.02. The van der Waals surface area contributed by atoms with Gasteiger partial charge in [-0.25, -0.2) is 0 Å². The van der Waals surface area contributed by atoms with Gasteiger partial charge in [-0.1, -0.05) is 49.9 Å². The van der Waals surface area contributed by atoms with Crippen LogP contribution in [0.1, 0.15) is 68.9 Å². The van der Waals surface area contributed by atoms with Crippen LogP contribution in [0.2, 0.25) is 0 Å². The molecule has 0 aliphatic heterocycles. The van der Waals surface area contributed by atoms with Gasteiger partial charge in [-0.05, 0) is 49.7 Å². The van der Waals surface area contributed by atoms with Crippen molar-refractivity contribution in [1.29, 1.82) is 0 Å². The SMILES string of the molecule is CCOC1(C(O)CC2Cc3ccccc32)CCCCCC1. The topological polar surface area (TPSA) is 29.5 Å². The van der Waals surface area contributed by atoms with E-state index >= 15 is 0 Å². The molecule has 0 bridgehead atoms. The van der Waals surface area contributed by atoms with E-state index < -0.39 is 0 Å². The number of benzene rings is 1. The van der Waals surface area contributed by atoms with Gasteiger partial charge in [-0.3, -0.25) is 0 Å². The molecule has 0 amide bonds. The van der Waals surface area contributed by atoms with Crippen molar-refractivity contribution in [3.63, 3.8) is 0 Å². The zero-order valence-electron chi connectivity index (χ0n) is 13.2. The standard InChI is InChI=1S/C19H28O2/c1-2-21-19(11-7-3-4-8-12-19)18(20)14-16-13-15-9-5-6-10-17(15)16/h5-6,9-10,16,18,20H,2-4,7-8,11-14H2,1H3. The second-order valence-corrected chi connectivity index (χ2v) is 6.76. The van der Waals surface area contributed by atoms with Crippen LogP contribution in [0.15, 0.2) is 24.3 Å². The molecule has 0 heterocycles. The first-order chi connectivity index (χ1) is 10.2. The van der Waals surface area contributed by atoms with Crippen LogP contribution in [0, 0.1) is 0 Å². The molecule has 1 saturated carbocycles. The van der Waals surface area contributed by atoms with Crippen LogP contribution in [0.4, 0.5) is 0 Å². The van der Waals surface area contributed by atoms with Gasteiger partial charge in [0.15, 0.2) is 0 Å². The van der Waals surface area contributed by atoms with Crippen molar-refractivity contribution in [2.75, 3.05) is 6.61 Å². The summed E-state index contributed by atoms with van der Waals surface area (Å²) in [4.78, 5) is 0. The first-order valence-electron chi connectivity index (χ1n) is 8.65. The van der Waals surface area contributed by atoms with Gasteiger partial charge >= 0.3 is 0 Å². The number of hydrogen-bond donors (Lipinski definition) is 1. The zero-order valence-corrected chi connectivity index (χ0v) is 13.2. The lowest BCUT2D eigenvalue weighted by molar-refractivity contribution is -0.133. The maximum absolute atomic E-state index is 10.9. The van der Waals surface area contributed by atoms with Gasteiger partial charge in [0, 0.05) is 6.61 Å². The van der Waals surface area contributed by atoms with E-state index in [1.807, 2.05) is 0 Å². The molecule has 0 saturated heterocycles. The summed E-state index contributed by atoms with van der Waals surface area (Å²) in [7, 11) is 0. The fourth-order valence-electron chi connectivity index (χ4n) is 4.25. The molecule has 2 heteroatoms. The number of ether oxygens (including phenoxy) is 1. The van der Waals surface area contributed by atoms with Crippen molar-refractivity contribution in [1.82, 2.24) is 0 Å². The monoisotopic (exact) mass is 288 g/mol. The molecule has 2 aliphatic carbocycles. The number of aliphatic hydroxyl groups excluding tert-OH is 1. The Morgan fingerprint density at radius 3 is 2.57 bits per heavy atom. The lowest BCUT2D eigenvalue weighted by Gasteiger charge is -2.41. The Bertz CT molecular complexity index is 460. The first-order valence-corrected chi connectivity index (χ1v) is 8.65. The van der Waals surface area contributed by atoms with Crippen LogP contribution in [-0.4, -0.2) is 23.4 Å². The van der Waals surface area contributed by atoms with E-state index in [2.05, 4.69) is 31.2 Å². The minimum atomic E-state index is -0.325. The highest BCUT2D eigenvalue weighted by atomic mass is 16.5. The molecular weight excluding hydrogens is 260 g/mol. The molecule has 2 atom stereocenters. The summed E-state index contributed by atoms with van der Waals surface area (Å²) < 4.78 is 6.12. The summed E-state index contributed by atoms with van der Waals surface area (Å²) in [5.41, 5.74) is 2.62. The Hall–Kier alpha value is -0.860. The van der Waals surface area contributed by atoms with Gasteiger partial charge in [0.25, 0.3) is 0 Å². The van der Waals surface area contributed by atoms with Crippen LogP contribution in [-0.2, 0) is 11.2 Å². The highest BCUT2D eigenvalue weighted by Crippen LogP contribution is 2.42. The van der Waals surface area contributed by atoms with Crippen LogP contribution >= 0.6 is 0 Å². The molecule has 2 aliphatic rings. The fourth-order valence-corrected chi connectivity index (χ4v) is 4.25. The van der Waals surface area contributed by atoms with Crippen molar-refractivity contribution in [3.8, 4) is 0 Å². The van der Waals surface area contributed by atoms with Crippen LogP contribution in [0.3, 0.4) is 0 Å². The molecule has 2 unspecified atom stereocenters. The van der Waals surface area contributed by atoms with E-state index in [4.69, 9.17) is 4.74 Å². The molecule has 0 radical (unpaired) electrons. The Kier molecular flexibility index (Phi) is 4.66. The van der Waals surface area contributed by atoms with Gasteiger partial charge in [-0.2, -0.15) is 0 Å². The fraction of sp³-hybridized carbons (Fsp3) is 0.684. The Morgan fingerprint density at radius 1 is 1.19 bits per heavy atom. The van der Waals surface area contributed by atoms with Gasteiger partial charge < -0.3 is 9.84 Å². The van der Waals surface area contributed by atoms with Gasteiger partial charge in [-0.15, -0.1) is 0 Å². The maximum Gasteiger partial charge on any atom is 0.0940 e. The highest BCUT2D eigenvalue weighted by Gasteiger charge is 2.41. The van der Waals surface area contributed by atoms with Gasteiger partial charge in [0.1, 0.15) is 0 Å². The first kappa shape index (κ1) is 15.1. The molecule has 0 aromatic heterocycles. The normalized spacial score (nSPS) is 25.5. The molecule has 1 N–H and O–H groups in total. The summed E-state index contributed by atoms with van der Waals surface area (Å²) in [6.07, 6.45) is 8.66. The minimum Gasteiger partial charge on any atom is -0.390 e. The highest BCUT2D eigenvalue weighted by molar-refractivity contribution is 5.40. The maximum atomic E-state index is 10.9. The molecule has 0 spiro atoms. The van der Waals surface area contributed by atoms with E-state index in [1.165, 1.54) is 36.8 Å². The second-order valence-electron chi connectivity index (χ2n) is 6.76. The lowest BCUT2D eigenvalue weighted by Crippen LogP contribution is -2.46. The molecule has 2 nitrogen and oxygen atoms in total. The lowest BCUT2D eigenvalue weighted by atomic mass is 9.72. The number of aliphatic hydroxyl groups is 1. The minimum absolute atomic E-state index is 0.282.